The van der Waals surface area contributed by atoms with Crippen molar-refractivity contribution in [2.45, 2.75) is 58.9 Å². The third-order valence-electron chi connectivity index (χ3n) is 11.8. The van der Waals surface area contributed by atoms with Gasteiger partial charge in [0.05, 0.1) is 35.2 Å². The zero-order valence-electron chi connectivity index (χ0n) is 29.8. The molecule has 1 N–H and O–H groups in total. The third kappa shape index (κ3) is 4.75. The second-order valence-corrected chi connectivity index (χ2v) is 18.0. The molecule has 2 aromatic heterocycles. The summed E-state index contributed by atoms with van der Waals surface area (Å²) in [6.45, 7) is 9.32. The van der Waals surface area contributed by atoms with E-state index in [1.165, 1.54) is 16.9 Å². The number of hydrogen-bond donors (Lipinski definition) is 1. The SMILES string of the molecule is COc1cc(Br)cc(C2C3=CCC4C(=O)N(C(C)(C)C)C(=O)C4C3CC3C(=O)N(c4cc(-c5sc6ccc(Cl)cc6c5C)nn4C)C(=O)C32C)c1O. The van der Waals surface area contributed by atoms with Crippen LogP contribution in [0.3, 0.4) is 0 Å². The molecule has 4 aliphatic rings. The highest BCUT2D eigenvalue weighted by atomic mass is 79.9. The molecule has 2 aliphatic carbocycles. The standard InChI is InChI=1S/C39H38BrClN4O6S/c1-17-22-14-19(41)8-11-28(22)52-33(17)26-16-29(43(6)42-26)44-35(48)25-15-23-20(9-10-21-30(23)36(49)45(34(21)47)38(2,3)4)31(39(25,5)37(44)50)24-12-18(40)13-27(51-7)32(24)46/h8-9,11-14,16,21,23,25,30-31,46H,10,15H2,1-7H3. The van der Waals surface area contributed by atoms with Crippen LogP contribution in [0, 0.1) is 36.0 Å². The second kappa shape index (κ2) is 11.8. The van der Waals surface area contributed by atoms with Crippen molar-refractivity contribution in [1.82, 2.24) is 14.7 Å². The number of benzene rings is 2. The molecule has 0 bridgehead atoms. The van der Waals surface area contributed by atoms with E-state index in [2.05, 4.69) is 15.9 Å². The number of anilines is 1. The maximum absolute atomic E-state index is 15.1. The first-order valence-electron chi connectivity index (χ1n) is 17.2. The van der Waals surface area contributed by atoms with Crippen molar-refractivity contribution < 1.29 is 29.0 Å². The number of phenolic OH excluding ortho intramolecular Hbond substituents is 1. The van der Waals surface area contributed by atoms with Crippen LogP contribution in [-0.4, -0.2) is 56.1 Å². The summed E-state index contributed by atoms with van der Waals surface area (Å²) in [6.07, 6.45) is 2.49. The van der Waals surface area contributed by atoms with E-state index in [1.54, 1.807) is 48.2 Å². The van der Waals surface area contributed by atoms with Gasteiger partial charge in [0, 0.05) is 44.3 Å². The monoisotopic (exact) mass is 804 g/mol. The number of hydrogen-bond acceptors (Lipinski definition) is 8. The minimum absolute atomic E-state index is 0.147. The summed E-state index contributed by atoms with van der Waals surface area (Å²) in [6, 6.07) is 10.9. The molecule has 4 amide bonds. The normalized spacial score (nSPS) is 27.3. The lowest BCUT2D eigenvalue weighted by atomic mass is 9.51. The Balaban J connectivity index is 1.28. The largest absolute Gasteiger partial charge is 0.504 e. The Morgan fingerprint density at radius 3 is 2.48 bits per heavy atom. The Kier molecular flexibility index (Phi) is 7.92. The molecule has 6 atom stereocenters. The molecule has 3 fully saturated rings. The average molecular weight is 806 g/mol. The number of aryl methyl sites for hydroxylation is 2. The Morgan fingerprint density at radius 2 is 1.79 bits per heavy atom. The molecule has 2 aliphatic heterocycles. The first-order valence-corrected chi connectivity index (χ1v) is 19.2. The van der Waals surface area contributed by atoms with Gasteiger partial charge in [0.1, 0.15) is 11.5 Å². The van der Waals surface area contributed by atoms with E-state index in [9.17, 15) is 19.5 Å². The van der Waals surface area contributed by atoms with Crippen LogP contribution >= 0.6 is 38.9 Å². The van der Waals surface area contributed by atoms with Crippen LogP contribution in [0.4, 0.5) is 5.82 Å². The molecule has 10 nitrogen and oxygen atoms in total. The van der Waals surface area contributed by atoms with Crippen LogP contribution in [-0.2, 0) is 26.2 Å². The molecule has 0 spiro atoms. The Hall–Kier alpha value is -4.00. The zero-order valence-corrected chi connectivity index (χ0v) is 32.9. The Bertz CT molecular complexity index is 2310. The lowest BCUT2D eigenvalue weighted by Crippen LogP contribution is -2.49. The number of nitrogens with zero attached hydrogens (tertiary/aromatic N) is 4. The van der Waals surface area contributed by atoms with Crippen molar-refractivity contribution in [2.24, 2.45) is 36.1 Å². The fourth-order valence-electron chi connectivity index (χ4n) is 9.42. The fourth-order valence-corrected chi connectivity index (χ4v) is 11.2. The van der Waals surface area contributed by atoms with E-state index in [-0.39, 0.29) is 29.7 Å². The molecule has 270 valence electrons. The molecular weight excluding hydrogens is 768 g/mol. The van der Waals surface area contributed by atoms with Crippen molar-refractivity contribution in [3.8, 4) is 22.1 Å². The van der Waals surface area contributed by atoms with Gasteiger partial charge >= 0.3 is 0 Å². The van der Waals surface area contributed by atoms with Gasteiger partial charge in [-0.3, -0.25) is 28.8 Å². The van der Waals surface area contributed by atoms with Gasteiger partial charge in [-0.2, -0.15) is 5.10 Å². The number of thiophene rings is 1. The molecule has 4 heterocycles. The maximum atomic E-state index is 15.1. The number of carbonyl (C=O) groups is 4. The number of likely N-dealkylation sites (tertiary alicyclic amines) is 1. The summed E-state index contributed by atoms with van der Waals surface area (Å²) in [7, 11) is 3.16. The third-order valence-corrected chi connectivity index (χ3v) is 13.7. The van der Waals surface area contributed by atoms with Gasteiger partial charge in [-0.25, -0.2) is 4.90 Å². The number of aromatic hydroxyl groups is 1. The number of amides is 4. The number of phenols is 1. The van der Waals surface area contributed by atoms with Crippen molar-refractivity contribution in [3.63, 3.8) is 0 Å². The quantitative estimate of drug-likeness (QED) is 0.165. The van der Waals surface area contributed by atoms with Gasteiger partial charge in [0.2, 0.25) is 23.6 Å². The van der Waals surface area contributed by atoms with Crippen molar-refractivity contribution in [1.29, 1.82) is 0 Å². The number of ether oxygens (including phenoxy) is 1. The number of carbonyl (C=O) groups excluding carboxylic acids is 4. The van der Waals surface area contributed by atoms with Gasteiger partial charge in [-0.15, -0.1) is 11.3 Å². The summed E-state index contributed by atoms with van der Waals surface area (Å²) >= 11 is 11.4. The number of rotatable bonds is 4. The van der Waals surface area contributed by atoms with Gasteiger partial charge in [-0.1, -0.05) is 39.2 Å². The summed E-state index contributed by atoms with van der Waals surface area (Å²) in [4.78, 5) is 61.5. The number of halogens is 2. The molecule has 8 rings (SSSR count). The zero-order chi connectivity index (χ0) is 37.3. The molecule has 4 aromatic rings. The second-order valence-electron chi connectivity index (χ2n) is 15.6. The number of aromatic nitrogens is 2. The van der Waals surface area contributed by atoms with Crippen molar-refractivity contribution in [3.05, 3.63) is 68.7 Å². The maximum Gasteiger partial charge on any atom is 0.242 e. The predicted octanol–water partition coefficient (Wildman–Crippen LogP) is 7.77. The van der Waals surface area contributed by atoms with Crippen LogP contribution < -0.4 is 9.64 Å². The van der Waals surface area contributed by atoms with E-state index < -0.39 is 52.4 Å². The van der Waals surface area contributed by atoms with Crippen LogP contribution in [0.15, 0.2) is 52.5 Å². The summed E-state index contributed by atoms with van der Waals surface area (Å²) in [5, 5.41) is 18.1. The molecule has 2 aromatic carbocycles. The number of methoxy groups -OCH3 is 1. The predicted molar refractivity (Wildman–Crippen MR) is 202 cm³/mol. The summed E-state index contributed by atoms with van der Waals surface area (Å²) in [5.41, 5.74) is 0.717. The minimum atomic E-state index is -1.36. The lowest BCUT2D eigenvalue weighted by Gasteiger charge is -2.49. The first-order chi connectivity index (χ1) is 24.5. The lowest BCUT2D eigenvalue weighted by molar-refractivity contribution is -0.145. The van der Waals surface area contributed by atoms with Crippen molar-refractivity contribution >= 4 is 78.4 Å². The molecule has 6 unspecified atom stereocenters. The Morgan fingerprint density at radius 1 is 1.06 bits per heavy atom. The van der Waals surface area contributed by atoms with Crippen molar-refractivity contribution in [2.75, 3.05) is 12.0 Å². The smallest absolute Gasteiger partial charge is 0.242 e. The summed E-state index contributed by atoms with van der Waals surface area (Å²) < 4.78 is 8.76. The number of allylic oxidation sites excluding steroid dienone is 2. The molecular formula is C39H38BrClN4O6S. The van der Waals surface area contributed by atoms with Gasteiger partial charge in [0.25, 0.3) is 0 Å². The summed E-state index contributed by atoms with van der Waals surface area (Å²) in [5.74, 6) is -4.37. The number of fused-ring (bicyclic) bond motifs is 5. The Labute approximate surface area is 318 Å². The fraction of sp³-hybridized carbons (Fsp3) is 0.410. The first kappa shape index (κ1) is 35.1. The van der Waals surface area contributed by atoms with E-state index in [0.717, 1.165) is 26.1 Å². The van der Waals surface area contributed by atoms with Gasteiger partial charge in [-0.05, 0) is 94.7 Å². The van der Waals surface area contributed by atoms with Crippen LogP contribution in [0.1, 0.15) is 57.6 Å². The number of imide groups is 2. The topological polar surface area (TPSA) is 122 Å². The highest BCUT2D eigenvalue weighted by Crippen LogP contribution is 2.65. The molecule has 13 heteroatoms. The molecule has 2 saturated heterocycles. The van der Waals surface area contributed by atoms with Crippen LogP contribution in [0.25, 0.3) is 20.7 Å². The van der Waals surface area contributed by atoms with E-state index >= 15 is 4.79 Å². The van der Waals surface area contributed by atoms with E-state index in [0.29, 0.717) is 33.0 Å². The highest BCUT2D eigenvalue weighted by molar-refractivity contribution is 9.10. The van der Waals surface area contributed by atoms with Crippen LogP contribution in [0.5, 0.6) is 11.5 Å². The minimum Gasteiger partial charge on any atom is -0.504 e. The average Bonchev–Trinajstić information content (AvgIpc) is 3.75. The van der Waals surface area contributed by atoms with Gasteiger partial charge < -0.3 is 9.84 Å². The molecule has 0 radical (unpaired) electrons. The van der Waals surface area contributed by atoms with E-state index in [1.807, 2.05) is 52.0 Å². The molecule has 1 saturated carbocycles. The molecule has 52 heavy (non-hydrogen) atoms. The highest BCUT2D eigenvalue weighted by Gasteiger charge is 2.68. The van der Waals surface area contributed by atoms with E-state index in [4.69, 9.17) is 21.4 Å². The van der Waals surface area contributed by atoms with Gasteiger partial charge in [0.15, 0.2) is 11.5 Å². The van der Waals surface area contributed by atoms with Crippen LogP contribution in [0.2, 0.25) is 5.02 Å².